The maximum atomic E-state index is 12.6. The van der Waals surface area contributed by atoms with Crippen LogP contribution in [0.2, 0.25) is 5.02 Å². The molecule has 0 bridgehead atoms. The third kappa shape index (κ3) is 5.99. The van der Waals surface area contributed by atoms with Crippen LogP contribution in [0.5, 0.6) is 5.75 Å². The summed E-state index contributed by atoms with van der Waals surface area (Å²) >= 11 is 5.90. The van der Waals surface area contributed by atoms with Crippen LogP contribution in [0.3, 0.4) is 0 Å². The van der Waals surface area contributed by atoms with Gasteiger partial charge in [0.25, 0.3) is 15.9 Å². The lowest BCUT2D eigenvalue weighted by molar-refractivity contribution is -0.122. The molecule has 0 saturated heterocycles. The predicted molar refractivity (Wildman–Crippen MR) is 123 cm³/mol. The van der Waals surface area contributed by atoms with Crippen molar-refractivity contribution in [3.8, 4) is 5.75 Å². The second-order valence-electron chi connectivity index (χ2n) is 6.85. The molecular formula is C23H23ClN2O4S. The Morgan fingerprint density at radius 1 is 1.00 bits per heavy atom. The molecule has 0 radical (unpaired) electrons. The van der Waals surface area contributed by atoms with Crippen molar-refractivity contribution in [2.45, 2.75) is 31.3 Å². The zero-order valence-electron chi connectivity index (χ0n) is 17.1. The number of halogens is 1. The summed E-state index contributed by atoms with van der Waals surface area (Å²) in [5, 5.41) is 3.17. The minimum Gasteiger partial charge on any atom is -0.481 e. The first-order chi connectivity index (χ1) is 14.8. The molecule has 0 aliphatic rings. The number of amides is 1. The molecule has 3 rings (SSSR count). The summed E-state index contributed by atoms with van der Waals surface area (Å²) in [4.78, 5) is 12.6. The van der Waals surface area contributed by atoms with Crippen molar-refractivity contribution < 1.29 is 17.9 Å². The Morgan fingerprint density at radius 3 is 2.39 bits per heavy atom. The molecule has 1 amide bonds. The summed E-state index contributed by atoms with van der Waals surface area (Å²) in [6, 6.07) is 19.9. The SMILES string of the molecule is CCc1ccccc1O[C@@H](C)C(=O)Nc1ccc(S(=O)(=O)Nc2cccc(Cl)c2)cc1. The lowest BCUT2D eigenvalue weighted by Crippen LogP contribution is -2.30. The van der Waals surface area contributed by atoms with Gasteiger partial charge in [0.1, 0.15) is 5.75 Å². The lowest BCUT2D eigenvalue weighted by atomic mass is 10.1. The van der Waals surface area contributed by atoms with Gasteiger partial charge in [0.2, 0.25) is 0 Å². The number of hydrogen-bond donors (Lipinski definition) is 2. The van der Waals surface area contributed by atoms with E-state index in [1.54, 1.807) is 25.1 Å². The number of benzene rings is 3. The number of hydrogen-bond acceptors (Lipinski definition) is 4. The van der Waals surface area contributed by atoms with E-state index in [9.17, 15) is 13.2 Å². The minimum absolute atomic E-state index is 0.0617. The molecule has 8 heteroatoms. The first-order valence-electron chi connectivity index (χ1n) is 9.72. The standard InChI is InChI=1S/C23H23ClN2O4S/c1-3-17-7-4-5-10-22(17)30-16(2)23(27)25-19-11-13-21(14-12-19)31(28,29)26-20-9-6-8-18(24)15-20/h4-16,26H,3H2,1-2H3,(H,25,27)/t16-/m0/s1. The van der Waals surface area contributed by atoms with E-state index in [0.717, 1.165) is 12.0 Å². The van der Waals surface area contributed by atoms with Crippen molar-refractivity contribution in [3.63, 3.8) is 0 Å². The fourth-order valence-electron chi connectivity index (χ4n) is 2.88. The molecule has 6 nitrogen and oxygen atoms in total. The molecule has 1 atom stereocenters. The van der Waals surface area contributed by atoms with Crippen molar-refractivity contribution in [2.24, 2.45) is 0 Å². The maximum Gasteiger partial charge on any atom is 0.265 e. The molecule has 3 aromatic carbocycles. The second kappa shape index (κ2) is 9.85. The maximum absolute atomic E-state index is 12.6. The first-order valence-corrected chi connectivity index (χ1v) is 11.6. The highest BCUT2D eigenvalue weighted by atomic mass is 35.5. The van der Waals surface area contributed by atoms with Gasteiger partial charge in [-0.2, -0.15) is 0 Å². The Kier molecular flexibility index (Phi) is 7.20. The quantitative estimate of drug-likeness (QED) is 0.491. The molecule has 0 aliphatic carbocycles. The molecule has 0 fully saturated rings. The zero-order chi connectivity index (χ0) is 22.4. The first kappa shape index (κ1) is 22.7. The summed E-state index contributed by atoms with van der Waals surface area (Å²) in [5.41, 5.74) is 1.85. The number of aryl methyl sites for hydroxylation is 1. The molecule has 0 spiro atoms. The highest BCUT2D eigenvalue weighted by Crippen LogP contribution is 2.22. The van der Waals surface area contributed by atoms with Gasteiger partial charge in [-0.25, -0.2) is 8.42 Å². The summed E-state index contributed by atoms with van der Waals surface area (Å²) in [6.07, 6.45) is 0.0736. The van der Waals surface area contributed by atoms with Crippen molar-refractivity contribution >= 4 is 38.9 Å². The highest BCUT2D eigenvalue weighted by molar-refractivity contribution is 7.92. The average molecular weight is 459 g/mol. The highest BCUT2D eigenvalue weighted by Gasteiger charge is 2.18. The van der Waals surface area contributed by atoms with Crippen molar-refractivity contribution in [3.05, 3.63) is 83.4 Å². The number of nitrogens with one attached hydrogen (secondary N) is 2. The number of para-hydroxylation sites is 1. The van der Waals surface area contributed by atoms with Gasteiger partial charge in [0.15, 0.2) is 6.10 Å². The van der Waals surface area contributed by atoms with Crippen molar-refractivity contribution in [1.29, 1.82) is 0 Å². The molecular weight excluding hydrogens is 436 g/mol. The summed E-state index contributed by atoms with van der Waals surface area (Å²) < 4.78 is 33.4. The summed E-state index contributed by atoms with van der Waals surface area (Å²) in [7, 11) is -3.79. The van der Waals surface area contributed by atoms with Crippen molar-refractivity contribution in [2.75, 3.05) is 10.0 Å². The molecule has 0 heterocycles. The number of carbonyl (C=O) groups excluding carboxylic acids is 1. The smallest absolute Gasteiger partial charge is 0.265 e. The van der Waals surface area contributed by atoms with Crippen LogP contribution >= 0.6 is 11.6 Å². The molecule has 0 aliphatic heterocycles. The van der Waals surface area contributed by atoms with E-state index in [1.165, 1.54) is 30.3 Å². The molecule has 3 aromatic rings. The summed E-state index contributed by atoms with van der Waals surface area (Å²) in [5.74, 6) is 0.333. The molecule has 0 unspecified atom stereocenters. The van der Waals surface area contributed by atoms with Crippen LogP contribution in [-0.4, -0.2) is 20.4 Å². The number of rotatable bonds is 8. The normalized spacial score (nSPS) is 12.1. The van der Waals surface area contributed by atoms with Gasteiger partial charge in [-0.15, -0.1) is 0 Å². The Balaban J connectivity index is 1.65. The average Bonchev–Trinajstić information content (AvgIpc) is 2.74. The third-order valence-corrected chi connectivity index (χ3v) is 6.17. The van der Waals surface area contributed by atoms with Gasteiger partial charge in [-0.05, 0) is 67.4 Å². The van der Waals surface area contributed by atoms with E-state index < -0.39 is 16.1 Å². The van der Waals surface area contributed by atoms with E-state index in [1.807, 2.05) is 31.2 Å². The largest absolute Gasteiger partial charge is 0.481 e. The van der Waals surface area contributed by atoms with Gasteiger partial charge < -0.3 is 10.1 Å². The molecule has 2 N–H and O–H groups in total. The van der Waals surface area contributed by atoms with Gasteiger partial charge in [-0.3, -0.25) is 9.52 Å². The van der Waals surface area contributed by atoms with Gasteiger partial charge in [0.05, 0.1) is 10.6 Å². The molecule has 0 saturated carbocycles. The molecule has 162 valence electrons. The van der Waals surface area contributed by atoms with E-state index in [0.29, 0.717) is 22.1 Å². The number of carbonyl (C=O) groups is 1. The van der Waals surface area contributed by atoms with Crippen LogP contribution in [0.15, 0.2) is 77.7 Å². The van der Waals surface area contributed by atoms with Gasteiger partial charge in [0, 0.05) is 10.7 Å². The fraction of sp³-hybridized carbons (Fsp3) is 0.174. The monoisotopic (exact) mass is 458 g/mol. The molecule has 0 aromatic heterocycles. The topological polar surface area (TPSA) is 84.5 Å². The number of anilines is 2. The molecule has 31 heavy (non-hydrogen) atoms. The third-order valence-electron chi connectivity index (χ3n) is 4.54. The van der Waals surface area contributed by atoms with Crippen LogP contribution in [0.1, 0.15) is 19.4 Å². The minimum atomic E-state index is -3.79. The van der Waals surface area contributed by atoms with E-state index in [-0.39, 0.29) is 10.8 Å². The Hall–Kier alpha value is -3.03. The van der Waals surface area contributed by atoms with Crippen LogP contribution < -0.4 is 14.8 Å². The van der Waals surface area contributed by atoms with Crippen LogP contribution in [-0.2, 0) is 21.2 Å². The zero-order valence-corrected chi connectivity index (χ0v) is 18.7. The predicted octanol–water partition coefficient (Wildman–Crippen LogP) is 5.11. The van der Waals surface area contributed by atoms with E-state index in [4.69, 9.17) is 16.3 Å². The van der Waals surface area contributed by atoms with Crippen LogP contribution in [0, 0.1) is 0 Å². The number of ether oxygens (including phenoxy) is 1. The Bertz CT molecular complexity index is 1160. The number of sulfonamides is 1. The van der Waals surface area contributed by atoms with Gasteiger partial charge in [-0.1, -0.05) is 42.8 Å². The Morgan fingerprint density at radius 2 is 1.71 bits per heavy atom. The second-order valence-corrected chi connectivity index (χ2v) is 8.97. The lowest BCUT2D eigenvalue weighted by Gasteiger charge is -2.17. The van der Waals surface area contributed by atoms with Gasteiger partial charge >= 0.3 is 0 Å². The Labute approximate surface area is 187 Å². The van der Waals surface area contributed by atoms with E-state index >= 15 is 0 Å². The van der Waals surface area contributed by atoms with Crippen molar-refractivity contribution in [1.82, 2.24) is 0 Å². The fourth-order valence-corrected chi connectivity index (χ4v) is 4.12. The van der Waals surface area contributed by atoms with Crippen LogP contribution in [0.25, 0.3) is 0 Å². The summed E-state index contributed by atoms with van der Waals surface area (Å²) in [6.45, 7) is 3.68. The van der Waals surface area contributed by atoms with Crippen LogP contribution in [0.4, 0.5) is 11.4 Å². The van der Waals surface area contributed by atoms with E-state index in [2.05, 4.69) is 10.0 Å².